The molecule has 0 bridgehead atoms. The first-order valence-corrected chi connectivity index (χ1v) is 8.81. The van der Waals surface area contributed by atoms with Gasteiger partial charge >= 0.3 is 0 Å². The summed E-state index contributed by atoms with van der Waals surface area (Å²) in [4.78, 5) is 8.35. The van der Waals surface area contributed by atoms with Crippen LogP contribution in [0.4, 0.5) is 0 Å². The summed E-state index contributed by atoms with van der Waals surface area (Å²) in [7, 11) is -3.39. The molecule has 0 aliphatic heterocycles. The summed E-state index contributed by atoms with van der Waals surface area (Å²) in [6, 6.07) is 5.40. The van der Waals surface area contributed by atoms with Crippen molar-refractivity contribution in [2.24, 2.45) is 0 Å². The number of rotatable bonds is 5. The Morgan fingerprint density at radius 2 is 1.91 bits per heavy atom. The van der Waals surface area contributed by atoms with Crippen LogP contribution in [0.2, 0.25) is 0 Å². The van der Waals surface area contributed by atoms with E-state index in [1.807, 2.05) is 26.8 Å². The molecular weight excluding hydrogens is 302 g/mol. The fraction of sp³-hybridized carbons (Fsp3) is 0.467. The van der Waals surface area contributed by atoms with Crippen LogP contribution in [0.5, 0.6) is 0 Å². The van der Waals surface area contributed by atoms with Crippen molar-refractivity contribution in [2.75, 3.05) is 6.26 Å². The van der Waals surface area contributed by atoms with Crippen molar-refractivity contribution in [3.63, 3.8) is 0 Å². The summed E-state index contributed by atoms with van der Waals surface area (Å²) in [5.74, 6) is 1.11. The second kappa shape index (κ2) is 6.18. The fourth-order valence-corrected chi connectivity index (χ4v) is 2.56. The van der Waals surface area contributed by atoms with E-state index >= 15 is 0 Å². The van der Waals surface area contributed by atoms with Gasteiger partial charge in [-0.15, -0.1) is 0 Å². The van der Waals surface area contributed by atoms with E-state index in [1.165, 1.54) is 10.6 Å². The van der Waals surface area contributed by atoms with E-state index in [2.05, 4.69) is 9.97 Å². The zero-order valence-electron chi connectivity index (χ0n) is 13.3. The minimum absolute atomic E-state index is 0.0888. The van der Waals surface area contributed by atoms with Crippen LogP contribution in [-0.4, -0.2) is 28.9 Å². The first-order valence-electron chi connectivity index (χ1n) is 6.96. The lowest BCUT2D eigenvalue weighted by molar-refractivity contribution is 0.322. The van der Waals surface area contributed by atoms with E-state index < -0.39 is 10.0 Å². The van der Waals surface area contributed by atoms with Gasteiger partial charge in [0.15, 0.2) is 0 Å². The lowest BCUT2D eigenvalue weighted by Gasteiger charge is -2.18. The normalized spacial score (nSPS) is 12.8. The van der Waals surface area contributed by atoms with Crippen LogP contribution in [0.15, 0.2) is 35.0 Å². The number of aromatic nitrogens is 2. The largest absolute Gasteiger partial charge is 0.444 e. The van der Waals surface area contributed by atoms with Crippen molar-refractivity contribution < 1.29 is 12.8 Å². The van der Waals surface area contributed by atoms with E-state index in [0.717, 1.165) is 5.76 Å². The predicted molar refractivity (Wildman–Crippen MR) is 83.5 cm³/mol. The first kappa shape index (κ1) is 16.6. The van der Waals surface area contributed by atoms with Gasteiger partial charge in [0.05, 0.1) is 31.2 Å². The van der Waals surface area contributed by atoms with Crippen molar-refractivity contribution in [3.8, 4) is 0 Å². The van der Waals surface area contributed by atoms with Crippen molar-refractivity contribution in [2.45, 2.75) is 39.3 Å². The highest BCUT2D eigenvalue weighted by atomic mass is 32.2. The topological polar surface area (TPSA) is 76.3 Å². The molecule has 0 saturated carbocycles. The quantitative estimate of drug-likeness (QED) is 0.844. The number of hydrogen-bond donors (Lipinski definition) is 0. The van der Waals surface area contributed by atoms with E-state index in [9.17, 15) is 8.42 Å². The Balaban J connectivity index is 2.19. The molecule has 22 heavy (non-hydrogen) atoms. The van der Waals surface area contributed by atoms with Crippen molar-refractivity contribution >= 4 is 10.0 Å². The van der Waals surface area contributed by atoms with Gasteiger partial charge in [0, 0.05) is 11.6 Å². The first-order chi connectivity index (χ1) is 10.2. The molecule has 7 heteroatoms. The number of hydrogen-bond acceptors (Lipinski definition) is 5. The summed E-state index contributed by atoms with van der Waals surface area (Å²) < 4.78 is 30.9. The molecular formula is C15H21N3O3S. The standard InChI is InChI=1S/C15H21N3O3S/c1-15(2,3)13-9-17-14(21-13)11-18(22(4,19)20)10-12-7-5-6-8-16-12/h5-9H,10-11H2,1-4H3. The average molecular weight is 323 g/mol. The number of oxazole rings is 1. The zero-order valence-corrected chi connectivity index (χ0v) is 14.1. The van der Waals surface area contributed by atoms with Gasteiger partial charge in [0.1, 0.15) is 5.76 Å². The van der Waals surface area contributed by atoms with Crippen LogP contribution < -0.4 is 0 Å². The second-order valence-electron chi connectivity index (χ2n) is 6.22. The van der Waals surface area contributed by atoms with Gasteiger partial charge < -0.3 is 4.42 Å². The van der Waals surface area contributed by atoms with Crippen LogP contribution in [0.25, 0.3) is 0 Å². The van der Waals surface area contributed by atoms with Gasteiger partial charge in [-0.1, -0.05) is 26.8 Å². The van der Waals surface area contributed by atoms with Gasteiger partial charge in [-0.3, -0.25) is 4.98 Å². The molecule has 2 aromatic heterocycles. The molecule has 0 atom stereocenters. The zero-order chi connectivity index (χ0) is 16.4. The third kappa shape index (κ3) is 4.38. The number of nitrogens with zero attached hydrogens (tertiary/aromatic N) is 3. The average Bonchev–Trinajstić information content (AvgIpc) is 2.87. The van der Waals surface area contributed by atoms with Crippen LogP contribution in [0.3, 0.4) is 0 Å². The smallest absolute Gasteiger partial charge is 0.212 e. The summed E-state index contributed by atoms with van der Waals surface area (Å²) in [6.45, 7) is 6.32. The highest BCUT2D eigenvalue weighted by molar-refractivity contribution is 7.88. The SMILES string of the molecule is CC(C)(C)c1cnc(CN(Cc2ccccn2)S(C)(=O)=O)o1. The highest BCUT2D eigenvalue weighted by Gasteiger charge is 2.23. The Morgan fingerprint density at radius 1 is 1.18 bits per heavy atom. The summed E-state index contributed by atoms with van der Waals surface area (Å²) >= 11 is 0. The van der Waals surface area contributed by atoms with Gasteiger partial charge in [0.25, 0.3) is 0 Å². The van der Waals surface area contributed by atoms with Crippen LogP contribution >= 0.6 is 0 Å². The third-order valence-corrected chi connectivity index (χ3v) is 4.33. The van der Waals surface area contributed by atoms with Crippen molar-refractivity contribution in [3.05, 3.63) is 47.9 Å². The van der Waals surface area contributed by atoms with Crippen LogP contribution in [0.1, 0.15) is 38.1 Å². The molecule has 0 N–H and O–H groups in total. The maximum Gasteiger partial charge on any atom is 0.212 e. The predicted octanol–water partition coefficient (Wildman–Crippen LogP) is 2.33. The Hall–Kier alpha value is -1.73. The summed E-state index contributed by atoms with van der Waals surface area (Å²) in [6.07, 6.45) is 4.46. The molecule has 120 valence electrons. The van der Waals surface area contributed by atoms with Gasteiger partial charge in [-0.2, -0.15) is 4.31 Å². The summed E-state index contributed by atoms with van der Waals surface area (Å²) in [5, 5.41) is 0. The molecule has 0 aliphatic rings. The van der Waals surface area contributed by atoms with E-state index in [0.29, 0.717) is 11.6 Å². The van der Waals surface area contributed by atoms with Crippen molar-refractivity contribution in [1.29, 1.82) is 0 Å². The van der Waals surface area contributed by atoms with E-state index in [4.69, 9.17) is 4.42 Å². The summed E-state index contributed by atoms with van der Waals surface area (Å²) in [5.41, 5.74) is 0.512. The van der Waals surface area contributed by atoms with Crippen LogP contribution in [-0.2, 0) is 28.5 Å². The monoisotopic (exact) mass is 323 g/mol. The van der Waals surface area contributed by atoms with Crippen LogP contribution in [0, 0.1) is 0 Å². The molecule has 0 spiro atoms. The molecule has 6 nitrogen and oxygen atoms in total. The molecule has 2 heterocycles. The van der Waals surface area contributed by atoms with Gasteiger partial charge in [-0.05, 0) is 12.1 Å². The third-order valence-electron chi connectivity index (χ3n) is 3.14. The maximum absolute atomic E-state index is 12.0. The molecule has 0 radical (unpaired) electrons. The molecule has 0 unspecified atom stereocenters. The Bertz CT molecular complexity index is 718. The maximum atomic E-state index is 12.0. The number of sulfonamides is 1. The Morgan fingerprint density at radius 3 is 2.41 bits per heavy atom. The fourth-order valence-electron chi connectivity index (χ4n) is 1.84. The lowest BCUT2D eigenvalue weighted by Crippen LogP contribution is -2.29. The molecule has 0 amide bonds. The minimum Gasteiger partial charge on any atom is -0.444 e. The van der Waals surface area contributed by atoms with Gasteiger partial charge in [-0.25, -0.2) is 13.4 Å². The van der Waals surface area contributed by atoms with E-state index in [-0.39, 0.29) is 18.5 Å². The van der Waals surface area contributed by atoms with Crippen molar-refractivity contribution in [1.82, 2.24) is 14.3 Å². The number of pyridine rings is 1. The molecule has 0 fully saturated rings. The Kier molecular flexibility index (Phi) is 4.67. The minimum atomic E-state index is -3.39. The Labute approximate surface area is 131 Å². The van der Waals surface area contributed by atoms with E-state index in [1.54, 1.807) is 24.5 Å². The second-order valence-corrected chi connectivity index (χ2v) is 8.20. The lowest BCUT2D eigenvalue weighted by atomic mass is 9.94. The molecule has 0 aliphatic carbocycles. The molecule has 2 rings (SSSR count). The van der Waals surface area contributed by atoms with Gasteiger partial charge in [0.2, 0.25) is 15.9 Å². The highest BCUT2D eigenvalue weighted by Crippen LogP contribution is 2.23. The molecule has 0 aromatic carbocycles. The molecule has 0 saturated heterocycles. The molecule has 2 aromatic rings.